The van der Waals surface area contributed by atoms with Crippen molar-refractivity contribution >= 4 is 28.6 Å². The molecule has 6 heteroatoms. The maximum Gasteiger partial charge on any atom is 0.288 e. The van der Waals surface area contributed by atoms with Gasteiger partial charge in [-0.05, 0) is 18.2 Å². The number of carbonyl (C=O) groups is 2. The van der Waals surface area contributed by atoms with E-state index >= 15 is 0 Å². The molecule has 1 aromatic carbocycles. The fraction of sp³-hybridized carbons (Fsp3) is 0.333. The number of hydrogen-bond donors (Lipinski definition) is 1. The Morgan fingerprint density at radius 2 is 2.22 bits per heavy atom. The smallest absolute Gasteiger partial charge is 0.288 e. The molecular formula is C12H14N2O3S. The van der Waals surface area contributed by atoms with Gasteiger partial charge in [0.05, 0.1) is 13.7 Å². The van der Waals surface area contributed by atoms with Crippen molar-refractivity contribution in [3.63, 3.8) is 0 Å². The number of ether oxygens (including phenoxy) is 1. The summed E-state index contributed by atoms with van der Waals surface area (Å²) in [6, 6.07) is 5.17. The van der Waals surface area contributed by atoms with E-state index in [9.17, 15) is 9.59 Å². The third kappa shape index (κ3) is 2.59. The van der Waals surface area contributed by atoms with Gasteiger partial charge in [0, 0.05) is 23.4 Å². The summed E-state index contributed by atoms with van der Waals surface area (Å²) >= 11 is 1.16. The molecule has 0 unspecified atom stereocenters. The predicted octanol–water partition coefficient (Wildman–Crippen LogP) is 1.86. The third-order valence-corrected chi connectivity index (χ3v) is 3.57. The first-order valence-corrected chi connectivity index (χ1v) is 6.50. The normalized spacial score (nSPS) is 15.9. The second-order valence-corrected chi connectivity index (χ2v) is 4.96. The molecule has 2 amide bonds. The van der Waals surface area contributed by atoms with Crippen LogP contribution in [0.25, 0.3) is 0 Å². The van der Waals surface area contributed by atoms with Crippen molar-refractivity contribution < 1.29 is 14.3 Å². The van der Waals surface area contributed by atoms with Gasteiger partial charge in [-0.25, -0.2) is 0 Å². The van der Waals surface area contributed by atoms with Crippen molar-refractivity contribution in [2.45, 2.75) is 13.0 Å². The highest BCUT2D eigenvalue weighted by Crippen LogP contribution is 2.26. The Kier molecular flexibility index (Phi) is 3.76. The molecule has 0 aliphatic carbocycles. The summed E-state index contributed by atoms with van der Waals surface area (Å²) in [5.74, 6) is 1.03. The van der Waals surface area contributed by atoms with Gasteiger partial charge in [0.25, 0.3) is 5.24 Å². The van der Waals surface area contributed by atoms with Crippen molar-refractivity contribution in [3.05, 3.63) is 23.8 Å². The van der Waals surface area contributed by atoms with Gasteiger partial charge in [0.2, 0.25) is 5.91 Å². The van der Waals surface area contributed by atoms with Gasteiger partial charge in [0.15, 0.2) is 0 Å². The van der Waals surface area contributed by atoms with Gasteiger partial charge >= 0.3 is 0 Å². The Balaban J connectivity index is 2.24. The van der Waals surface area contributed by atoms with Gasteiger partial charge in [-0.1, -0.05) is 11.8 Å². The molecule has 1 saturated heterocycles. The van der Waals surface area contributed by atoms with E-state index in [1.165, 1.54) is 4.90 Å². The van der Waals surface area contributed by atoms with Gasteiger partial charge in [-0.15, -0.1) is 0 Å². The van der Waals surface area contributed by atoms with E-state index in [2.05, 4.69) is 0 Å². The number of rotatable bonds is 3. The lowest BCUT2D eigenvalue weighted by molar-refractivity contribution is -0.128. The second-order valence-electron chi connectivity index (χ2n) is 3.92. The second kappa shape index (κ2) is 5.30. The van der Waals surface area contributed by atoms with E-state index in [-0.39, 0.29) is 17.7 Å². The lowest BCUT2D eigenvalue weighted by Gasteiger charge is -2.24. The fourth-order valence-electron chi connectivity index (χ4n) is 1.79. The van der Waals surface area contributed by atoms with Crippen molar-refractivity contribution in [1.82, 2.24) is 4.90 Å². The number of carbonyl (C=O) groups excluding carboxylic acids is 2. The van der Waals surface area contributed by atoms with Crippen LogP contribution >= 0.6 is 11.8 Å². The number of thioether (sulfide) groups is 1. The maximum atomic E-state index is 11.7. The summed E-state index contributed by atoms with van der Waals surface area (Å²) in [7, 11) is 1.55. The molecule has 0 spiro atoms. The van der Waals surface area contributed by atoms with Crippen molar-refractivity contribution in [2.75, 3.05) is 18.6 Å². The monoisotopic (exact) mass is 266 g/mol. The number of methoxy groups -OCH3 is 1. The molecule has 1 heterocycles. The summed E-state index contributed by atoms with van der Waals surface area (Å²) in [5.41, 5.74) is 7.02. The van der Waals surface area contributed by atoms with Crippen molar-refractivity contribution in [1.29, 1.82) is 0 Å². The first-order valence-electron chi connectivity index (χ1n) is 5.51. The lowest BCUT2D eigenvalue weighted by Crippen LogP contribution is -2.37. The zero-order chi connectivity index (χ0) is 13.1. The predicted molar refractivity (Wildman–Crippen MR) is 70.4 cm³/mol. The van der Waals surface area contributed by atoms with Crippen LogP contribution in [-0.4, -0.2) is 28.9 Å². The zero-order valence-electron chi connectivity index (χ0n) is 10.0. The molecule has 2 rings (SSSR count). The van der Waals surface area contributed by atoms with E-state index in [1.54, 1.807) is 25.3 Å². The molecule has 1 fully saturated rings. The Hall–Kier alpha value is -1.69. The molecule has 0 aromatic heterocycles. The Morgan fingerprint density at radius 1 is 1.44 bits per heavy atom. The Bertz CT molecular complexity index is 474. The van der Waals surface area contributed by atoms with E-state index in [0.29, 0.717) is 23.6 Å². The van der Waals surface area contributed by atoms with Crippen LogP contribution in [-0.2, 0) is 11.3 Å². The summed E-state index contributed by atoms with van der Waals surface area (Å²) in [5, 5.41) is -0.212. The van der Waals surface area contributed by atoms with Gasteiger partial charge < -0.3 is 10.5 Å². The highest BCUT2D eigenvalue weighted by molar-refractivity contribution is 8.13. The number of imide groups is 1. The number of hydrogen-bond acceptors (Lipinski definition) is 5. The van der Waals surface area contributed by atoms with Gasteiger partial charge in [0.1, 0.15) is 5.75 Å². The largest absolute Gasteiger partial charge is 0.496 e. The molecule has 18 heavy (non-hydrogen) atoms. The number of anilines is 1. The zero-order valence-corrected chi connectivity index (χ0v) is 10.8. The molecule has 1 aliphatic rings. The third-order valence-electron chi connectivity index (χ3n) is 2.70. The van der Waals surface area contributed by atoms with Crippen LogP contribution in [0.4, 0.5) is 10.5 Å². The topological polar surface area (TPSA) is 72.6 Å². The van der Waals surface area contributed by atoms with Gasteiger partial charge in [-0.2, -0.15) is 0 Å². The summed E-state index contributed by atoms with van der Waals surface area (Å²) in [6.45, 7) is 0.207. The summed E-state index contributed by atoms with van der Waals surface area (Å²) < 4.78 is 5.20. The Labute approximate surface area is 109 Å². The molecule has 1 aromatic rings. The minimum absolute atomic E-state index is 0.150. The molecule has 0 atom stereocenters. The van der Waals surface area contributed by atoms with Crippen LogP contribution in [0.5, 0.6) is 5.75 Å². The van der Waals surface area contributed by atoms with Gasteiger partial charge in [-0.3, -0.25) is 14.5 Å². The highest BCUT2D eigenvalue weighted by atomic mass is 32.2. The van der Waals surface area contributed by atoms with E-state index in [4.69, 9.17) is 10.5 Å². The van der Waals surface area contributed by atoms with Crippen LogP contribution in [0.15, 0.2) is 18.2 Å². The highest BCUT2D eigenvalue weighted by Gasteiger charge is 2.27. The van der Waals surface area contributed by atoms with Crippen LogP contribution in [0, 0.1) is 0 Å². The van der Waals surface area contributed by atoms with Crippen LogP contribution < -0.4 is 10.5 Å². The first-order chi connectivity index (χ1) is 8.61. The maximum absolute atomic E-state index is 11.7. The SMILES string of the molecule is COc1ccc(N)cc1CN1C(=O)CCSC1=O. The minimum atomic E-state index is -0.212. The van der Waals surface area contributed by atoms with Crippen molar-refractivity contribution in [3.8, 4) is 5.75 Å². The number of nitrogens with zero attached hydrogens (tertiary/aromatic N) is 1. The fourth-order valence-corrected chi connectivity index (χ4v) is 2.56. The molecule has 0 bridgehead atoms. The first kappa shape index (κ1) is 12.8. The summed E-state index contributed by atoms with van der Waals surface area (Å²) in [4.78, 5) is 24.6. The molecule has 96 valence electrons. The molecule has 2 N–H and O–H groups in total. The van der Waals surface area contributed by atoms with E-state index < -0.39 is 0 Å². The molecule has 1 aliphatic heterocycles. The molecule has 0 saturated carbocycles. The Morgan fingerprint density at radius 3 is 2.89 bits per heavy atom. The van der Waals surface area contributed by atoms with Crippen LogP contribution in [0.2, 0.25) is 0 Å². The molecule has 0 radical (unpaired) electrons. The molecular weight excluding hydrogens is 252 g/mol. The van der Waals surface area contributed by atoms with Crippen molar-refractivity contribution in [2.24, 2.45) is 0 Å². The number of benzene rings is 1. The quantitative estimate of drug-likeness (QED) is 0.845. The van der Waals surface area contributed by atoms with E-state index in [0.717, 1.165) is 17.3 Å². The standard InChI is InChI=1S/C12H14N2O3S/c1-17-10-3-2-9(13)6-8(10)7-14-11(15)4-5-18-12(14)16/h2-3,6H,4-5,7,13H2,1H3. The number of nitrogens with two attached hydrogens (primary N) is 1. The van der Waals surface area contributed by atoms with E-state index in [1.807, 2.05) is 0 Å². The van der Waals surface area contributed by atoms with Crippen LogP contribution in [0.3, 0.4) is 0 Å². The average molecular weight is 266 g/mol. The number of amides is 2. The molecule has 5 nitrogen and oxygen atoms in total. The number of nitrogen functional groups attached to an aromatic ring is 1. The average Bonchev–Trinajstić information content (AvgIpc) is 2.34. The minimum Gasteiger partial charge on any atom is -0.496 e. The lowest BCUT2D eigenvalue weighted by atomic mass is 10.1. The van der Waals surface area contributed by atoms with Crippen LogP contribution in [0.1, 0.15) is 12.0 Å². The summed E-state index contributed by atoms with van der Waals surface area (Å²) in [6.07, 6.45) is 0.390.